The quantitative estimate of drug-likeness (QED) is 0.718. The van der Waals surface area contributed by atoms with Gasteiger partial charge in [0.2, 0.25) is 0 Å². The average Bonchev–Trinajstić information content (AvgIpc) is 2.66. The zero-order valence-electron chi connectivity index (χ0n) is 11.6. The summed E-state index contributed by atoms with van der Waals surface area (Å²) in [5.41, 5.74) is 0. The van der Waals surface area contributed by atoms with Gasteiger partial charge in [-0.1, -0.05) is 27.2 Å². The fourth-order valence-corrected chi connectivity index (χ4v) is 2.45. The summed E-state index contributed by atoms with van der Waals surface area (Å²) in [5, 5.41) is 3.61. The van der Waals surface area contributed by atoms with E-state index in [0.717, 1.165) is 18.4 Å². The monoisotopic (exact) mass is 226 g/mol. The summed E-state index contributed by atoms with van der Waals surface area (Å²) in [5.74, 6) is 1.72. The molecule has 1 heterocycles. The van der Waals surface area contributed by atoms with E-state index < -0.39 is 0 Å². The Morgan fingerprint density at radius 2 is 2.06 bits per heavy atom. The Morgan fingerprint density at radius 3 is 2.69 bits per heavy atom. The highest BCUT2D eigenvalue weighted by Gasteiger charge is 2.20. The van der Waals surface area contributed by atoms with E-state index in [4.69, 9.17) is 0 Å². The van der Waals surface area contributed by atoms with E-state index in [1.54, 1.807) is 0 Å². The number of hydrogen-bond acceptors (Lipinski definition) is 2. The van der Waals surface area contributed by atoms with E-state index in [2.05, 4.69) is 37.9 Å². The number of nitrogens with one attached hydrogen (secondary N) is 1. The van der Waals surface area contributed by atoms with E-state index in [1.807, 2.05) is 0 Å². The van der Waals surface area contributed by atoms with Crippen molar-refractivity contribution < 1.29 is 0 Å². The fourth-order valence-electron chi connectivity index (χ4n) is 2.45. The van der Waals surface area contributed by atoms with Crippen LogP contribution in [0.3, 0.4) is 0 Å². The number of nitrogens with zero attached hydrogens (tertiary/aromatic N) is 1. The molecule has 0 aliphatic carbocycles. The standard InChI is InChI=1S/C14H30N2/c1-5-6-14-7-9-16(11-14)10-8-15-13(4)12(2)3/h12-15H,5-11H2,1-4H3. The van der Waals surface area contributed by atoms with Gasteiger partial charge in [0.25, 0.3) is 0 Å². The van der Waals surface area contributed by atoms with Crippen molar-refractivity contribution in [3.63, 3.8) is 0 Å². The molecule has 1 aliphatic heterocycles. The van der Waals surface area contributed by atoms with E-state index in [0.29, 0.717) is 6.04 Å². The first kappa shape index (κ1) is 14.0. The molecule has 0 aromatic carbocycles. The third-order valence-electron chi connectivity index (χ3n) is 3.96. The van der Waals surface area contributed by atoms with Crippen LogP contribution in [0.2, 0.25) is 0 Å². The molecule has 1 aliphatic rings. The second kappa shape index (κ2) is 7.29. The summed E-state index contributed by atoms with van der Waals surface area (Å²) >= 11 is 0. The van der Waals surface area contributed by atoms with Crippen LogP contribution >= 0.6 is 0 Å². The Labute approximate surface area is 102 Å². The fraction of sp³-hybridized carbons (Fsp3) is 1.00. The molecule has 2 unspecified atom stereocenters. The van der Waals surface area contributed by atoms with Crippen LogP contribution in [0, 0.1) is 11.8 Å². The Morgan fingerprint density at radius 1 is 1.31 bits per heavy atom. The predicted octanol–water partition coefficient (Wildman–Crippen LogP) is 2.74. The minimum atomic E-state index is 0.647. The summed E-state index contributed by atoms with van der Waals surface area (Å²) in [4.78, 5) is 2.63. The van der Waals surface area contributed by atoms with Gasteiger partial charge >= 0.3 is 0 Å². The molecule has 0 spiro atoms. The van der Waals surface area contributed by atoms with Crippen LogP contribution < -0.4 is 5.32 Å². The summed E-state index contributed by atoms with van der Waals surface area (Å²) in [6.07, 6.45) is 4.20. The van der Waals surface area contributed by atoms with Gasteiger partial charge in [0.05, 0.1) is 0 Å². The Hall–Kier alpha value is -0.0800. The molecule has 2 heteroatoms. The molecule has 0 aromatic rings. The molecule has 16 heavy (non-hydrogen) atoms. The smallest absolute Gasteiger partial charge is 0.0107 e. The molecule has 2 atom stereocenters. The van der Waals surface area contributed by atoms with Gasteiger partial charge in [-0.05, 0) is 38.1 Å². The highest BCUT2D eigenvalue weighted by molar-refractivity contribution is 4.76. The van der Waals surface area contributed by atoms with E-state index in [1.165, 1.54) is 38.9 Å². The Bertz CT molecular complexity index is 180. The molecule has 0 amide bonds. The molecule has 0 aromatic heterocycles. The molecule has 96 valence electrons. The highest BCUT2D eigenvalue weighted by Crippen LogP contribution is 2.20. The maximum absolute atomic E-state index is 3.61. The molecule has 2 nitrogen and oxygen atoms in total. The average molecular weight is 226 g/mol. The molecule has 1 saturated heterocycles. The van der Waals surface area contributed by atoms with Gasteiger partial charge in [-0.3, -0.25) is 0 Å². The van der Waals surface area contributed by atoms with Crippen LogP contribution in [0.4, 0.5) is 0 Å². The van der Waals surface area contributed by atoms with Gasteiger partial charge in [-0.25, -0.2) is 0 Å². The van der Waals surface area contributed by atoms with Crippen molar-refractivity contribution in [3.8, 4) is 0 Å². The second-order valence-corrected chi connectivity index (χ2v) is 5.73. The summed E-state index contributed by atoms with van der Waals surface area (Å²) in [6, 6.07) is 0.647. The third-order valence-corrected chi connectivity index (χ3v) is 3.96. The van der Waals surface area contributed by atoms with Crippen molar-refractivity contribution in [3.05, 3.63) is 0 Å². The van der Waals surface area contributed by atoms with Gasteiger partial charge in [-0.2, -0.15) is 0 Å². The van der Waals surface area contributed by atoms with Crippen molar-refractivity contribution >= 4 is 0 Å². The van der Waals surface area contributed by atoms with Crippen LogP contribution in [0.25, 0.3) is 0 Å². The molecule has 1 rings (SSSR count). The molecule has 1 N–H and O–H groups in total. The first-order chi connectivity index (χ1) is 7.63. The molecule has 1 fully saturated rings. The predicted molar refractivity (Wildman–Crippen MR) is 71.8 cm³/mol. The lowest BCUT2D eigenvalue weighted by atomic mass is 10.0. The maximum atomic E-state index is 3.61. The van der Waals surface area contributed by atoms with Crippen molar-refractivity contribution in [1.29, 1.82) is 0 Å². The highest BCUT2D eigenvalue weighted by atomic mass is 15.2. The Kier molecular flexibility index (Phi) is 6.37. The second-order valence-electron chi connectivity index (χ2n) is 5.73. The maximum Gasteiger partial charge on any atom is 0.0107 e. The zero-order valence-corrected chi connectivity index (χ0v) is 11.6. The van der Waals surface area contributed by atoms with Crippen molar-refractivity contribution in [2.45, 2.75) is 53.0 Å². The lowest BCUT2D eigenvalue weighted by Gasteiger charge is -2.21. The van der Waals surface area contributed by atoms with Crippen molar-refractivity contribution in [2.75, 3.05) is 26.2 Å². The van der Waals surface area contributed by atoms with Gasteiger partial charge < -0.3 is 10.2 Å². The van der Waals surface area contributed by atoms with Gasteiger partial charge in [0.15, 0.2) is 0 Å². The molecular formula is C14H30N2. The summed E-state index contributed by atoms with van der Waals surface area (Å²) in [6.45, 7) is 14.2. The summed E-state index contributed by atoms with van der Waals surface area (Å²) < 4.78 is 0. The molecule has 0 bridgehead atoms. The van der Waals surface area contributed by atoms with Crippen LogP contribution in [-0.4, -0.2) is 37.1 Å². The van der Waals surface area contributed by atoms with Gasteiger partial charge in [0.1, 0.15) is 0 Å². The van der Waals surface area contributed by atoms with Crippen LogP contribution in [-0.2, 0) is 0 Å². The lowest BCUT2D eigenvalue weighted by Crippen LogP contribution is -2.37. The van der Waals surface area contributed by atoms with Crippen molar-refractivity contribution in [2.24, 2.45) is 11.8 Å². The molecular weight excluding hydrogens is 196 g/mol. The minimum Gasteiger partial charge on any atom is -0.313 e. The lowest BCUT2D eigenvalue weighted by molar-refractivity contribution is 0.304. The van der Waals surface area contributed by atoms with Crippen LogP contribution in [0.1, 0.15) is 47.0 Å². The SMILES string of the molecule is CCCC1CCN(CCNC(C)C(C)C)C1. The largest absolute Gasteiger partial charge is 0.313 e. The zero-order chi connectivity index (χ0) is 12.0. The number of rotatable bonds is 7. The van der Waals surface area contributed by atoms with E-state index >= 15 is 0 Å². The minimum absolute atomic E-state index is 0.647. The molecule has 0 radical (unpaired) electrons. The third kappa shape index (κ3) is 4.84. The summed E-state index contributed by atoms with van der Waals surface area (Å²) in [7, 11) is 0. The number of hydrogen-bond donors (Lipinski definition) is 1. The van der Waals surface area contributed by atoms with Crippen LogP contribution in [0.15, 0.2) is 0 Å². The first-order valence-electron chi connectivity index (χ1n) is 7.09. The van der Waals surface area contributed by atoms with Crippen LogP contribution in [0.5, 0.6) is 0 Å². The first-order valence-corrected chi connectivity index (χ1v) is 7.09. The normalized spacial score (nSPS) is 24.2. The van der Waals surface area contributed by atoms with E-state index in [9.17, 15) is 0 Å². The Balaban J connectivity index is 2.06. The van der Waals surface area contributed by atoms with Crippen molar-refractivity contribution in [1.82, 2.24) is 10.2 Å². The van der Waals surface area contributed by atoms with Gasteiger partial charge in [-0.15, -0.1) is 0 Å². The van der Waals surface area contributed by atoms with E-state index in [-0.39, 0.29) is 0 Å². The number of likely N-dealkylation sites (tertiary alicyclic amines) is 1. The van der Waals surface area contributed by atoms with Gasteiger partial charge in [0, 0.05) is 25.7 Å². The molecule has 0 saturated carbocycles. The topological polar surface area (TPSA) is 15.3 Å².